The average Bonchev–Trinajstić information content (AvgIpc) is 2.61. The number of hydrogen-bond donors (Lipinski definition) is 2. The zero-order valence-electron chi connectivity index (χ0n) is 13.5. The van der Waals surface area contributed by atoms with Gasteiger partial charge >= 0.3 is 6.03 Å². The minimum atomic E-state index is -0.731. The van der Waals surface area contributed by atoms with Crippen LogP contribution in [0.4, 0.5) is 10.6 Å². The number of aromatic nitrogens is 1. The fourth-order valence-electron chi connectivity index (χ4n) is 1.83. The molecule has 0 saturated carbocycles. The van der Waals surface area contributed by atoms with E-state index < -0.39 is 11.9 Å². The molecule has 132 valence electrons. The molecule has 8 nitrogen and oxygen atoms in total. The molecular formula is C16H16BrN3O5. The van der Waals surface area contributed by atoms with Gasteiger partial charge < -0.3 is 14.2 Å². The Balaban J connectivity index is 1.87. The molecule has 0 aliphatic rings. The molecule has 0 radical (unpaired) electrons. The molecule has 0 aliphatic carbocycles. The fraction of sp³-hybridized carbons (Fsp3) is 0.188. The quantitative estimate of drug-likeness (QED) is 0.760. The number of carbonyl (C=O) groups is 2. The van der Waals surface area contributed by atoms with E-state index in [4.69, 9.17) is 14.2 Å². The van der Waals surface area contributed by atoms with Crippen LogP contribution in [0, 0.1) is 0 Å². The van der Waals surface area contributed by atoms with Gasteiger partial charge in [-0.25, -0.2) is 4.79 Å². The van der Waals surface area contributed by atoms with Gasteiger partial charge in [0.15, 0.2) is 18.1 Å². The van der Waals surface area contributed by atoms with Gasteiger partial charge in [-0.05, 0) is 40.2 Å². The van der Waals surface area contributed by atoms with Crippen molar-refractivity contribution < 1.29 is 23.8 Å². The number of hydrogen-bond acceptors (Lipinski definition) is 6. The molecule has 0 bridgehead atoms. The third kappa shape index (κ3) is 5.35. The molecule has 0 fully saturated rings. The lowest BCUT2D eigenvalue weighted by Crippen LogP contribution is -2.37. The van der Waals surface area contributed by atoms with Crippen LogP contribution in [0.5, 0.6) is 17.4 Å². The number of pyridine rings is 1. The molecular weight excluding hydrogens is 394 g/mol. The van der Waals surface area contributed by atoms with Crippen LogP contribution in [0.2, 0.25) is 0 Å². The number of rotatable bonds is 6. The highest BCUT2D eigenvalue weighted by molar-refractivity contribution is 9.10. The molecule has 0 spiro atoms. The van der Waals surface area contributed by atoms with E-state index >= 15 is 0 Å². The highest BCUT2D eigenvalue weighted by atomic mass is 79.9. The number of para-hydroxylation sites is 2. The SMILES string of the molecule is COc1ccccc1OCC(=O)NC(=O)Nc1ccc(Br)c(OC)n1. The van der Waals surface area contributed by atoms with Crippen molar-refractivity contribution in [2.24, 2.45) is 0 Å². The molecule has 2 aromatic rings. The lowest BCUT2D eigenvalue weighted by Gasteiger charge is -2.10. The Morgan fingerprint density at radius 3 is 2.48 bits per heavy atom. The summed E-state index contributed by atoms with van der Waals surface area (Å²) in [6.45, 7) is -0.342. The highest BCUT2D eigenvalue weighted by Gasteiger charge is 2.12. The van der Waals surface area contributed by atoms with E-state index in [1.807, 2.05) is 0 Å². The predicted molar refractivity (Wildman–Crippen MR) is 94.1 cm³/mol. The molecule has 25 heavy (non-hydrogen) atoms. The standard InChI is InChI=1S/C16H16BrN3O5/c1-23-11-5-3-4-6-12(11)25-9-14(21)20-16(22)19-13-8-7-10(17)15(18-13)24-2/h3-8H,9H2,1-2H3,(H2,18,19,20,21,22). The number of benzene rings is 1. The Morgan fingerprint density at radius 2 is 1.80 bits per heavy atom. The van der Waals surface area contributed by atoms with Crippen molar-refractivity contribution in [3.63, 3.8) is 0 Å². The zero-order chi connectivity index (χ0) is 18.2. The maximum absolute atomic E-state index is 11.8. The summed E-state index contributed by atoms with van der Waals surface area (Å²) in [6.07, 6.45) is 0. The van der Waals surface area contributed by atoms with Gasteiger partial charge in [-0.15, -0.1) is 0 Å². The summed E-state index contributed by atoms with van der Waals surface area (Å²) in [4.78, 5) is 27.7. The maximum atomic E-state index is 11.8. The number of imide groups is 1. The number of ether oxygens (including phenoxy) is 3. The van der Waals surface area contributed by atoms with Crippen molar-refractivity contribution in [3.05, 3.63) is 40.9 Å². The minimum Gasteiger partial charge on any atom is -0.493 e. The number of anilines is 1. The van der Waals surface area contributed by atoms with Crippen LogP contribution in [0.15, 0.2) is 40.9 Å². The first-order valence-corrected chi connectivity index (χ1v) is 7.90. The average molecular weight is 410 g/mol. The number of halogens is 1. The molecule has 0 atom stereocenters. The zero-order valence-corrected chi connectivity index (χ0v) is 15.1. The number of nitrogens with one attached hydrogen (secondary N) is 2. The Hall–Kier alpha value is -2.81. The Morgan fingerprint density at radius 1 is 1.08 bits per heavy atom. The van der Waals surface area contributed by atoms with E-state index in [1.165, 1.54) is 14.2 Å². The molecule has 3 amide bonds. The minimum absolute atomic E-state index is 0.232. The molecule has 0 unspecified atom stereocenters. The Bertz CT molecular complexity index is 769. The first-order chi connectivity index (χ1) is 12.0. The van der Waals surface area contributed by atoms with E-state index in [-0.39, 0.29) is 12.4 Å². The molecule has 1 aromatic carbocycles. The van der Waals surface area contributed by atoms with E-state index in [2.05, 4.69) is 31.5 Å². The molecule has 1 aromatic heterocycles. The van der Waals surface area contributed by atoms with E-state index in [0.29, 0.717) is 21.9 Å². The number of methoxy groups -OCH3 is 2. The number of carbonyl (C=O) groups excluding carboxylic acids is 2. The smallest absolute Gasteiger partial charge is 0.327 e. The largest absolute Gasteiger partial charge is 0.493 e. The van der Waals surface area contributed by atoms with E-state index in [9.17, 15) is 9.59 Å². The van der Waals surface area contributed by atoms with Crippen LogP contribution in [0.1, 0.15) is 0 Å². The summed E-state index contributed by atoms with van der Waals surface area (Å²) in [5.74, 6) is 0.817. The molecule has 1 heterocycles. The third-order valence-electron chi connectivity index (χ3n) is 2.93. The Labute approximate surface area is 152 Å². The van der Waals surface area contributed by atoms with Crippen LogP contribution in [-0.2, 0) is 4.79 Å². The fourth-order valence-corrected chi connectivity index (χ4v) is 2.21. The van der Waals surface area contributed by atoms with Gasteiger partial charge in [0, 0.05) is 0 Å². The summed E-state index contributed by atoms with van der Waals surface area (Å²) < 4.78 is 16.1. The van der Waals surface area contributed by atoms with Gasteiger partial charge in [0.05, 0.1) is 18.7 Å². The van der Waals surface area contributed by atoms with E-state index in [1.54, 1.807) is 36.4 Å². The van der Waals surface area contributed by atoms with Crippen molar-refractivity contribution >= 4 is 33.7 Å². The van der Waals surface area contributed by atoms with Gasteiger partial charge in [-0.1, -0.05) is 12.1 Å². The highest BCUT2D eigenvalue weighted by Crippen LogP contribution is 2.25. The lowest BCUT2D eigenvalue weighted by atomic mass is 10.3. The summed E-state index contributed by atoms with van der Waals surface area (Å²) >= 11 is 3.25. The van der Waals surface area contributed by atoms with Crippen LogP contribution >= 0.6 is 15.9 Å². The molecule has 0 aliphatic heterocycles. The first-order valence-electron chi connectivity index (χ1n) is 7.10. The van der Waals surface area contributed by atoms with Crippen molar-refractivity contribution in [2.75, 3.05) is 26.1 Å². The first kappa shape index (κ1) is 18.5. The summed E-state index contributed by atoms with van der Waals surface area (Å²) in [7, 11) is 2.95. The molecule has 9 heteroatoms. The van der Waals surface area contributed by atoms with Crippen LogP contribution in [0.25, 0.3) is 0 Å². The van der Waals surface area contributed by atoms with E-state index in [0.717, 1.165) is 0 Å². The topological polar surface area (TPSA) is 98.8 Å². The number of nitrogens with zero attached hydrogens (tertiary/aromatic N) is 1. The normalized spacial score (nSPS) is 9.88. The summed E-state index contributed by atoms with van der Waals surface area (Å²) in [5.41, 5.74) is 0. The number of amides is 3. The van der Waals surface area contributed by atoms with Gasteiger partial charge in [-0.3, -0.25) is 15.4 Å². The van der Waals surface area contributed by atoms with Gasteiger partial charge in [0.1, 0.15) is 5.82 Å². The maximum Gasteiger partial charge on any atom is 0.327 e. The van der Waals surface area contributed by atoms with Crippen molar-refractivity contribution in [2.45, 2.75) is 0 Å². The Kier molecular flexibility index (Phi) is 6.58. The summed E-state index contributed by atoms with van der Waals surface area (Å²) in [5, 5.41) is 4.57. The molecule has 2 N–H and O–H groups in total. The van der Waals surface area contributed by atoms with Crippen molar-refractivity contribution in [1.82, 2.24) is 10.3 Å². The van der Waals surface area contributed by atoms with Gasteiger partial charge in [-0.2, -0.15) is 4.98 Å². The molecule has 2 rings (SSSR count). The second kappa shape index (κ2) is 8.88. The van der Waals surface area contributed by atoms with Crippen LogP contribution in [0.3, 0.4) is 0 Å². The van der Waals surface area contributed by atoms with Crippen molar-refractivity contribution in [3.8, 4) is 17.4 Å². The second-order valence-corrected chi connectivity index (χ2v) is 5.48. The van der Waals surface area contributed by atoms with Crippen LogP contribution < -0.4 is 24.8 Å². The molecule has 0 saturated heterocycles. The predicted octanol–water partition coefficient (Wildman–Crippen LogP) is 2.59. The lowest BCUT2D eigenvalue weighted by molar-refractivity contribution is -0.121. The summed E-state index contributed by atoms with van der Waals surface area (Å²) in [6, 6.07) is 9.37. The van der Waals surface area contributed by atoms with Crippen LogP contribution in [-0.4, -0.2) is 37.7 Å². The van der Waals surface area contributed by atoms with Crippen molar-refractivity contribution in [1.29, 1.82) is 0 Å². The number of urea groups is 1. The monoisotopic (exact) mass is 409 g/mol. The third-order valence-corrected chi connectivity index (χ3v) is 3.53. The second-order valence-electron chi connectivity index (χ2n) is 4.63. The van der Waals surface area contributed by atoms with Gasteiger partial charge in [0.2, 0.25) is 5.88 Å². The van der Waals surface area contributed by atoms with Gasteiger partial charge in [0.25, 0.3) is 5.91 Å².